The summed E-state index contributed by atoms with van der Waals surface area (Å²) in [7, 11) is 0. The van der Waals surface area contributed by atoms with Gasteiger partial charge in [0.15, 0.2) is 5.82 Å². The van der Waals surface area contributed by atoms with E-state index in [1.165, 1.54) is 36.5 Å². The fourth-order valence-corrected chi connectivity index (χ4v) is 4.09. The maximum atomic E-state index is 13.5. The second-order valence-electron chi connectivity index (χ2n) is 7.90. The third kappa shape index (κ3) is 6.19. The average Bonchev–Trinajstić information content (AvgIpc) is 3.48. The van der Waals surface area contributed by atoms with Crippen molar-refractivity contribution in [2.45, 2.75) is 19.6 Å². The molecule has 3 aromatic heterocycles. The van der Waals surface area contributed by atoms with Crippen LogP contribution in [0.25, 0.3) is 5.82 Å². The Hall–Kier alpha value is -4.01. The molecule has 0 aliphatic rings. The number of carbonyl (C=O) groups excluding carboxylic acids is 2. The molecule has 0 unspecified atom stereocenters. The number of tetrazole rings is 1. The van der Waals surface area contributed by atoms with Crippen molar-refractivity contribution >= 4 is 52.3 Å². The van der Waals surface area contributed by atoms with E-state index in [0.717, 1.165) is 4.68 Å². The summed E-state index contributed by atoms with van der Waals surface area (Å²) in [5.41, 5.74) is -0.0890. The molecule has 4 aromatic rings. The molecule has 4 rings (SSSR count). The van der Waals surface area contributed by atoms with E-state index >= 15 is 0 Å². The second kappa shape index (κ2) is 11.0. The summed E-state index contributed by atoms with van der Waals surface area (Å²) in [6.07, 6.45) is -3.45. The van der Waals surface area contributed by atoms with Crippen molar-refractivity contribution in [3.8, 4) is 5.82 Å². The number of nitrogens with zero attached hydrogens (tertiary/aromatic N) is 7. The lowest BCUT2D eigenvalue weighted by atomic mass is 10.1. The lowest BCUT2D eigenvalue weighted by Gasteiger charge is -2.14. The number of anilines is 1. The van der Waals surface area contributed by atoms with Crippen LogP contribution in [-0.4, -0.2) is 46.8 Å². The molecule has 0 saturated carbocycles. The zero-order valence-electron chi connectivity index (χ0n) is 19.6. The number of hydrogen-bond acceptors (Lipinski definition) is 7. The SMILES string of the molecule is C=C(C)NC(=O)c1cc(Cl)cc(Cl)c1NC(=O)c1cc(Cn2nnnc2C(F)(F)F)nn1-c1ncccc1Cl. The van der Waals surface area contributed by atoms with E-state index in [9.17, 15) is 22.8 Å². The van der Waals surface area contributed by atoms with Crippen LogP contribution in [-0.2, 0) is 12.7 Å². The van der Waals surface area contributed by atoms with Gasteiger partial charge in [0.1, 0.15) is 5.69 Å². The van der Waals surface area contributed by atoms with Crippen LogP contribution >= 0.6 is 34.8 Å². The van der Waals surface area contributed by atoms with Crippen LogP contribution in [0.1, 0.15) is 39.3 Å². The van der Waals surface area contributed by atoms with Crippen LogP contribution in [0.15, 0.2) is 48.8 Å². The number of halogens is 6. The van der Waals surface area contributed by atoms with Gasteiger partial charge in [0.05, 0.1) is 33.5 Å². The highest BCUT2D eigenvalue weighted by molar-refractivity contribution is 6.38. The standard InChI is InChI=1S/C22H15Cl3F3N9O2/c1-10(2)30-19(38)13-6-11(23)7-15(25)17(13)31-20(39)16-8-12(9-36-21(22(26,27)28)32-34-35-36)33-37(16)18-14(24)4-3-5-29-18/h3-8H,1,9H2,2H3,(H,30,38)(H,31,39). The highest BCUT2D eigenvalue weighted by Crippen LogP contribution is 2.32. The molecule has 39 heavy (non-hydrogen) atoms. The molecule has 0 saturated heterocycles. The van der Waals surface area contributed by atoms with Gasteiger partial charge in [-0.1, -0.05) is 41.4 Å². The largest absolute Gasteiger partial charge is 0.453 e. The Bertz CT molecular complexity index is 1600. The number of amides is 2. The van der Waals surface area contributed by atoms with E-state index in [1.807, 2.05) is 0 Å². The van der Waals surface area contributed by atoms with Gasteiger partial charge in [-0.2, -0.15) is 18.3 Å². The van der Waals surface area contributed by atoms with Crippen LogP contribution < -0.4 is 10.6 Å². The molecule has 3 heterocycles. The fraction of sp³-hybridized carbons (Fsp3) is 0.136. The summed E-state index contributed by atoms with van der Waals surface area (Å²) in [6, 6.07) is 6.81. The Morgan fingerprint density at radius 1 is 1.10 bits per heavy atom. The Morgan fingerprint density at radius 2 is 1.85 bits per heavy atom. The van der Waals surface area contributed by atoms with Gasteiger partial charge in [-0.3, -0.25) is 9.59 Å². The predicted octanol–water partition coefficient (Wildman–Crippen LogP) is 4.80. The van der Waals surface area contributed by atoms with Crippen molar-refractivity contribution in [2.75, 3.05) is 5.32 Å². The first-order valence-corrected chi connectivity index (χ1v) is 11.8. The summed E-state index contributed by atoms with van der Waals surface area (Å²) in [5, 5.41) is 18.8. The van der Waals surface area contributed by atoms with Gasteiger partial charge >= 0.3 is 6.18 Å². The number of hydrogen-bond donors (Lipinski definition) is 2. The third-order valence-electron chi connectivity index (χ3n) is 4.89. The van der Waals surface area contributed by atoms with E-state index in [-0.39, 0.29) is 43.5 Å². The molecule has 11 nitrogen and oxygen atoms in total. The summed E-state index contributed by atoms with van der Waals surface area (Å²) < 4.78 is 41.3. The van der Waals surface area contributed by atoms with Crippen molar-refractivity contribution in [1.29, 1.82) is 0 Å². The fourth-order valence-electron chi connectivity index (χ4n) is 3.35. The highest BCUT2D eigenvalue weighted by Gasteiger charge is 2.38. The smallest absolute Gasteiger partial charge is 0.327 e. The maximum Gasteiger partial charge on any atom is 0.453 e. The van der Waals surface area contributed by atoms with Crippen molar-refractivity contribution in [3.63, 3.8) is 0 Å². The molecule has 0 atom stereocenters. The molecule has 0 aliphatic heterocycles. The van der Waals surface area contributed by atoms with Gasteiger partial charge in [0.2, 0.25) is 0 Å². The van der Waals surface area contributed by atoms with Crippen LogP contribution in [0.2, 0.25) is 15.1 Å². The van der Waals surface area contributed by atoms with E-state index in [0.29, 0.717) is 10.4 Å². The molecule has 0 spiro atoms. The number of pyridine rings is 1. The molecule has 1 aromatic carbocycles. The summed E-state index contributed by atoms with van der Waals surface area (Å²) >= 11 is 18.6. The number of aromatic nitrogens is 7. The number of nitrogens with one attached hydrogen (secondary N) is 2. The van der Waals surface area contributed by atoms with Gasteiger partial charge in [0.25, 0.3) is 17.6 Å². The monoisotopic (exact) mass is 599 g/mol. The highest BCUT2D eigenvalue weighted by atomic mass is 35.5. The van der Waals surface area contributed by atoms with Crippen molar-refractivity contribution in [2.24, 2.45) is 0 Å². The normalized spacial score (nSPS) is 11.4. The minimum atomic E-state index is -4.83. The van der Waals surface area contributed by atoms with Gasteiger partial charge in [0, 0.05) is 16.9 Å². The van der Waals surface area contributed by atoms with E-state index in [2.05, 4.69) is 42.8 Å². The lowest BCUT2D eigenvalue weighted by Crippen LogP contribution is -2.24. The Morgan fingerprint density at radius 3 is 2.51 bits per heavy atom. The molecule has 0 bridgehead atoms. The zero-order chi connectivity index (χ0) is 28.5. The zero-order valence-corrected chi connectivity index (χ0v) is 21.9. The first kappa shape index (κ1) is 28.0. The van der Waals surface area contributed by atoms with E-state index in [4.69, 9.17) is 34.8 Å². The predicted molar refractivity (Wildman–Crippen MR) is 135 cm³/mol. The van der Waals surface area contributed by atoms with Gasteiger partial charge in [-0.05, 0) is 47.7 Å². The first-order chi connectivity index (χ1) is 18.3. The molecule has 0 aliphatic carbocycles. The lowest BCUT2D eigenvalue weighted by molar-refractivity contribution is -0.147. The van der Waals surface area contributed by atoms with Gasteiger partial charge in [-0.25, -0.2) is 14.3 Å². The quantitative estimate of drug-likeness (QED) is 0.312. The van der Waals surface area contributed by atoms with Crippen LogP contribution in [0, 0.1) is 0 Å². The Kier molecular flexibility index (Phi) is 7.90. The van der Waals surface area contributed by atoms with Crippen LogP contribution in [0.5, 0.6) is 0 Å². The van der Waals surface area contributed by atoms with E-state index < -0.39 is 30.4 Å². The molecule has 2 amide bonds. The minimum absolute atomic E-state index is 0.00535. The molecule has 17 heteroatoms. The number of allylic oxidation sites excluding steroid dienone is 1. The van der Waals surface area contributed by atoms with Crippen molar-refractivity contribution < 1.29 is 22.8 Å². The minimum Gasteiger partial charge on any atom is -0.327 e. The molecular formula is C22H15Cl3F3N9O2. The topological polar surface area (TPSA) is 133 Å². The van der Waals surface area contributed by atoms with Gasteiger partial charge in [-0.15, -0.1) is 5.10 Å². The van der Waals surface area contributed by atoms with Crippen molar-refractivity contribution in [1.82, 2.24) is 40.3 Å². The molecule has 0 radical (unpaired) electrons. The summed E-state index contributed by atoms with van der Waals surface area (Å²) in [5.74, 6) is -2.86. The maximum absolute atomic E-state index is 13.5. The number of benzene rings is 1. The summed E-state index contributed by atoms with van der Waals surface area (Å²) in [6.45, 7) is 4.61. The first-order valence-electron chi connectivity index (χ1n) is 10.7. The number of rotatable bonds is 7. The van der Waals surface area contributed by atoms with Gasteiger partial charge < -0.3 is 10.6 Å². The average molecular weight is 601 g/mol. The number of carbonyl (C=O) groups is 2. The molecular weight excluding hydrogens is 586 g/mol. The molecule has 202 valence electrons. The summed E-state index contributed by atoms with van der Waals surface area (Å²) in [4.78, 5) is 30.3. The molecule has 0 fully saturated rings. The van der Waals surface area contributed by atoms with Crippen molar-refractivity contribution in [3.05, 3.63) is 86.6 Å². The third-order valence-corrected chi connectivity index (χ3v) is 5.71. The number of alkyl halides is 3. The van der Waals surface area contributed by atoms with Crippen LogP contribution in [0.3, 0.4) is 0 Å². The Balaban J connectivity index is 1.78. The molecule has 2 N–H and O–H groups in total. The van der Waals surface area contributed by atoms with Crippen LogP contribution in [0.4, 0.5) is 18.9 Å². The second-order valence-corrected chi connectivity index (χ2v) is 9.15. The van der Waals surface area contributed by atoms with E-state index in [1.54, 1.807) is 6.92 Å². The Labute approximate surface area is 232 Å².